The summed E-state index contributed by atoms with van der Waals surface area (Å²) in [6.45, 7) is 2.90. The molecular formula is C15H16FN. The van der Waals surface area contributed by atoms with Crippen molar-refractivity contribution in [3.8, 4) is 0 Å². The minimum atomic E-state index is -0.191. The zero-order valence-electron chi connectivity index (χ0n) is 9.86. The second-order valence-electron chi connectivity index (χ2n) is 4.14. The molecule has 1 nitrogen and oxygen atoms in total. The summed E-state index contributed by atoms with van der Waals surface area (Å²) in [6, 6.07) is 17.1. The van der Waals surface area contributed by atoms with Gasteiger partial charge in [-0.25, -0.2) is 4.39 Å². The van der Waals surface area contributed by atoms with E-state index in [0.29, 0.717) is 0 Å². The topological polar surface area (TPSA) is 12.0 Å². The van der Waals surface area contributed by atoms with E-state index in [2.05, 4.69) is 24.4 Å². The Kier molecular flexibility index (Phi) is 3.89. The van der Waals surface area contributed by atoms with E-state index in [9.17, 15) is 4.39 Å². The second-order valence-corrected chi connectivity index (χ2v) is 4.14. The third-order valence-corrected chi connectivity index (χ3v) is 2.83. The maximum Gasteiger partial charge on any atom is 0.123 e. The Morgan fingerprint density at radius 1 is 1.00 bits per heavy atom. The van der Waals surface area contributed by atoms with Crippen LogP contribution >= 0.6 is 0 Å². The van der Waals surface area contributed by atoms with Crippen LogP contribution in [-0.2, 0) is 6.54 Å². The van der Waals surface area contributed by atoms with Gasteiger partial charge in [0, 0.05) is 12.6 Å². The molecule has 1 atom stereocenters. The standard InChI is InChI=1S/C15H16FN/c1-12(14-7-9-15(16)10-8-14)17-11-13-5-3-2-4-6-13/h2-10,12,17H,11H2,1H3/t12-/m1/s1. The summed E-state index contributed by atoms with van der Waals surface area (Å²) < 4.78 is 12.8. The molecule has 0 amide bonds. The lowest BCUT2D eigenvalue weighted by Gasteiger charge is -2.14. The molecular weight excluding hydrogens is 213 g/mol. The van der Waals surface area contributed by atoms with E-state index < -0.39 is 0 Å². The Morgan fingerprint density at radius 2 is 1.65 bits per heavy atom. The molecule has 2 heteroatoms. The fourth-order valence-corrected chi connectivity index (χ4v) is 1.74. The Hall–Kier alpha value is -1.67. The molecule has 0 fully saturated rings. The summed E-state index contributed by atoms with van der Waals surface area (Å²) in [5.41, 5.74) is 2.35. The Labute approximate surface area is 101 Å². The minimum Gasteiger partial charge on any atom is -0.306 e. The lowest BCUT2D eigenvalue weighted by molar-refractivity contribution is 0.571. The van der Waals surface area contributed by atoms with Crippen molar-refractivity contribution in [3.05, 3.63) is 71.5 Å². The lowest BCUT2D eigenvalue weighted by Crippen LogP contribution is -2.17. The number of halogens is 1. The highest BCUT2D eigenvalue weighted by molar-refractivity contribution is 5.20. The molecule has 0 unspecified atom stereocenters. The molecule has 0 spiro atoms. The van der Waals surface area contributed by atoms with Gasteiger partial charge in [0.1, 0.15) is 5.82 Å². The van der Waals surface area contributed by atoms with Crippen LogP contribution in [0.5, 0.6) is 0 Å². The molecule has 0 saturated heterocycles. The number of rotatable bonds is 4. The van der Waals surface area contributed by atoms with Crippen LogP contribution in [0.25, 0.3) is 0 Å². The lowest BCUT2D eigenvalue weighted by atomic mass is 10.1. The van der Waals surface area contributed by atoms with Crippen molar-refractivity contribution in [2.45, 2.75) is 19.5 Å². The smallest absolute Gasteiger partial charge is 0.123 e. The first kappa shape index (κ1) is 11.8. The molecule has 2 rings (SSSR count). The first-order valence-electron chi connectivity index (χ1n) is 5.78. The van der Waals surface area contributed by atoms with Crippen LogP contribution in [0.15, 0.2) is 54.6 Å². The molecule has 2 aromatic rings. The third-order valence-electron chi connectivity index (χ3n) is 2.83. The second kappa shape index (κ2) is 5.60. The average molecular weight is 229 g/mol. The molecule has 0 aliphatic rings. The highest BCUT2D eigenvalue weighted by Gasteiger charge is 2.04. The summed E-state index contributed by atoms with van der Waals surface area (Å²) in [6.07, 6.45) is 0. The average Bonchev–Trinajstić information content (AvgIpc) is 2.38. The molecule has 0 saturated carbocycles. The van der Waals surface area contributed by atoms with Gasteiger partial charge in [0.15, 0.2) is 0 Å². The van der Waals surface area contributed by atoms with Crippen LogP contribution < -0.4 is 5.32 Å². The van der Waals surface area contributed by atoms with Crippen LogP contribution in [-0.4, -0.2) is 0 Å². The number of hydrogen-bond acceptors (Lipinski definition) is 1. The van der Waals surface area contributed by atoms with Gasteiger partial charge in [0.25, 0.3) is 0 Å². The number of nitrogens with one attached hydrogen (secondary N) is 1. The number of hydrogen-bond donors (Lipinski definition) is 1. The first-order valence-corrected chi connectivity index (χ1v) is 5.78. The molecule has 0 aliphatic carbocycles. The summed E-state index contributed by atoms with van der Waals surface area (Å²) in [5.74, 6) is -0.191. The molecule has 2 aromatic carbocycles. The van der Waals surface area contributed by atoms with Gasteiger partial charge < -0.3 is 5.32 Å². The fraction of sp³-hybridized carbons (Fsp3) is 0.200. The minimum absolute atomic E-state index is 0.191. The molecule has 0 aromatic heterocycles. The molecule has 0 heterocycles. The first-order chi connectivity index (χ1) is 8.25. The van der Waals surface area contributed by atoms with Crippen LogP contribution in [0, 0.1) is 5.82 Å². The van der Waals surface area contributed by atoms with Crippen LogP contribution in [0.3, 0.4) is 0 Å². The van der Waals surface area contributed by atoms with Crippen LogP contribution in [0.4, 0.5) is 4.39 Å². The summed E-state index contributed by atoms with van der Waals surface area (Å²) in [7, 11) is 0. The maximum absolute atomic E-state index is 12.8. The SMILES string of the molecule is C[C@@H](NCc1ccccc1)c1ccc(F)cc1. The van der Waals surface area contributed by atoms with Crippen molar-refractivity contribution in [2.75, 3.05) is 0 Å². The maximum atomic E-state index is 12.8. The molecule has 17 heavy (non-hydrogen) atoms. The van der Waals surface area contributed by atoms with Gasteiger partial charge in [0.2, 0.25) is 0 Å². The van der Waals surface area contributed by atoms with E-state index >= 15 is 0 Å². The molecule has 0 bridgehead atoms. The van der Waals surface area contributed by atoms with E-state index in [4.69, 9.17) is 0 Å². The molecule has 1 N–H and O–H groups in total. The Morgan fingerprint density at radius 3 is 2.29 bits per heavy atom. The zero-order chi connectivity index (χ0) is 12.1. The van der Waals surface area contributed by atoms with Gasteiger partial charge in [-0.15, -0.1) is 0 Å². The molecule has 88 valence electrons. The monoisotopic (exact) mass is 229 g/mol. The van der Waals surface area contributed by atoms with E-state index in [1.165, 1.54) is 17.7 Å². The van der Waals surface area contributed by atoms with Crippen molar-refractivity contribution in [1.82, 2.24) is 5.32 Å². The van der Waals surface area contributed by atoms with Gasteiger partial charge in [-0.3, -0.25) is 0 Å². The fourth-order valence-electron chi connectivity index (χ4n) is 1.74. The van der Waals surface area contributed by atoms with Crippen molar-refractivity contribution in [1.29, 1.82) is 0 Å². The van der Waals surface area contributed by atoms with Crippen molar-refractivity contribution >= 4 is 0 Å². The zero-order valence-corrected chi connectivity index (χ0v) is 9.86. The van der Waals surface area contributed by atoms with Crippen LogP contribution in [0.1, 0.15) is 24.1 Å². The van der Waals surface area contributed by atoms with Gasteiger partial charge in [-0.05, 0) is 30.2 Å². The predicted molar refractivity (Wildman–Crippen MR) is 68.1 cm³/mol. The summed E-state index contributed by atoms with van der Waals surface area (Å²) in [5, 5.41) is 3.41. The van der Waals surface area contributed by atoms with Crippen molar-refractivity contribution < 1.29 is 4.39 Å². The van der Waals surface area contributed by atoms with E-state index in [-0.39, 0.29) is 11.9 Å². The van der Waals surface area contributed by atoms with Crippen LogP contribution in [0.2, 0.25) is 0 Å². The van der Waals surface area contributed by atoms with E-state index in [0.717, 1.165) is 12.1 Å². The molecule has 0 aliphatic heterocycles. The Balaban J connectivity index is 1.93. The van der Waals surface area contributed by atoms with Gasteiger partial charge in [0.05, 0.1) is 0 Å². The highest BCUT2D eigenvalue weighted by atomic mass is 19.1. The quantitative estimate of drug-likeness (QED) is 0.843. The van der Waals surface area contributed by atoms with Gasteiger partial charge in [-0.2, -0.15) is 0 Å². The summed E-state index contributed by atoms with van der Waals surface area (Å²) in [4.78, 5) is 0. The van der Waals surface area contributed by atoms with E-state index in [1.54, 1.807) is 0 Å². The normalized spacial score (nSPS) is 12.4. The van der Waals surface area contributed by atoms with Gasteiger partial charge in [-0.1, -0.05) is 42.5 Å². The van der Waals surface area contributed by atoms with Gasteiger partial charge >= 0.3 is 0 Å². The largest absolute Gasteiger partial charge is 0.306 e. The number of benzene rings is 2. The Bertz CT molecular complexity index is 450. The predicted octanol–water partition coefficient (Wildman–Crippen LogP) is 3.68. The van der Waals surface area contributed by atoms with Crippen molar-refractivity contribution in [2.24, 2.45) is 0 Å². The van der Waals surface area contributed by atoms with Crippen molar-refractivity contribution in [3.63, 3.8) is 0 Å². The van der Waals surface area contributed by atoms with E-state index in [1.807, 2.05) is 30.3 Å². The molecule has 0 radical (unpaired) electrons. The third kappa shape index (κ3) is 3.40. The summed E-state index contributed by atoms with van der Waals surface area (Å²) >= 11 is 0. The highest BCUT2D eigenvalue weighted by Crippen LogP contribution is 2.13.